The lowest BCUT2D eigenvalue weighted by Gasteiger charge is -2.58. The highest BCUT2D eigenvalue weighted by Crippen LogP contribution is 2.67. The van der Waals surface area contributed by atoms with Crippen LogP contribution < -0.4 is 14.8 Å². The fourth-order valence-corrected chi connectivity index (χ4v) is 14.5. The summed E-state index contributed by atoms with van der Waals surface area (Å²) in [4.78, 5) is 15.6. The number of fused-ring (bicyclic) bond motifs is 5. The molecule has 3 aromatic rings. The van der Waals surface area contributed by atoms with Crippen LogP contribution in [0.3, 0.4) is 0 Å². The van der Waals surface area contributed by atoms with Crippen LogP contribution >= 0.6 is 0 Å². The number of hydrogen-bond acceptors (Lipinski definition) is 7. The Bertz CT molecular complexity index is 2010. The lowest BCUT2D eigenvalue weighted by molar-refractivity contribution is -0.0811. The zero-order valence-corrected chi connectivity index (χ0v) is 42.5. The third-order valence-corrected chi connectivity index (χ3v) is 18.3. The van der Waals surface area contributed by atoms with E-state index in [9.17, 15) is 9.90 Å². The van der Waals surface area contributed by atoms with Crippen molar-refractivity contribution in [2.75, 3.05) is 33.9 Å². The number of carbonyl (C=O) groups is 1. The maximum Gasteiger partial charge on any atom is 0.407 e. The predicted octanol–water partition coefficient (Wildman–Crippen LogP) is 13.6. The van der Waals surface area contributed by atoms with Crippen LogP contribution in [0.25, 0.3) is 0 Å². The number of unbranched alkanes of at least 4 members (excludes halogenated alkanes) is 8. The highest BCUT2D eigenvalue weighted by Gasteiger charge is 2.58. The minimum absolute atomic E-state index is 0.0312. The van der Waals surface area contributed by atoms with Crippen molar-refractivity contribution in [1.29, 1.82) is 0 Å². The molecule has 0 aromatic heterocycles. The van der Waals surface area contributed by atoms with Crippen molar-refractivity contribution in [3.63, 3.8) is 0 Å². The number of methoxy groups -OCH3 is 2. The van der Waals surface area contributed by atoms with Crippen molar-refractivity contribution in [1.82, 2.24) is 10.2 Å². The van der Waals surface area contributed by atoms with Gasteiger partial charge in [0.1, 0.15) is 23.2 Å². The largest absolute Gasteiger partial charge is 0.497 e. The molecule has 0 bridgehead atoms. The summed E-state index contributed by atoms with van der Waals surface area (Å²) >= 11 is 0. The van der Waals surface area contributed by atoms with E-state index >= 15 is 0 Å². The molecule has 8 heteroatoms. The molecule has 1 saturated heterocycles. The van der Waals surface area contributed by atoms with E-state index in [0.29, 0.717) is 31.5 Å². The number of carbonyl (C=O) groups excluding carboxylic acids is 1. The number of β-amino-alcohol motifs (C(OH)–C–C–N with tert-alkyl or cyclic N) is 1. The monoisotopic (exact) mass is 931 g/mol. The molecule has 9 unspecified atom stereocenters. The molecular weight excluding hydrogens is 845 g/mol. The van der Waals surface area contributed by atoms with E-state index < -0.39 is 11.7 Å². The van der Waals surface area contributed by atoms with E-state index in [4.69, 9.17) is 18.9 Å². The molecule has 0 spiro atoms. The second-order valence-corrected chi connectivity index (χ2v) is 22.1. The third kappa shape index (κ3) is 11.2. The van der Waals surface area contributed by atoms with Gasteiger partial charge in [-0.3, -0.25) is 4.90 Å². The number of amides is 1. The van der Waals surface area contributed by atoms with Crippen LogP contribution in [0.4, 0.5) is 4.79 Å². The number of ether oxygens (including phenoxy) is 4. The summed E-state index contributed by atoms with van der Waals surface area (Å²) in [5.41, 5.74) is 4.60. The summed E-state index contributed by atoms with van der Waals surface area (Å²) in [5.74, 6) is 4.97. The first-order valence-electron chi connectivity index (χ1n) is 27.1. The molecule has 8 nitrogen and oxygen atoms in total. The van der Waals surface area contributed by atoms with Gasteiger partial charge in [0.25, 0.3) is 0 Å². The van der Waals surface area contributed by atoms with Gasteiger partial charge < -0.3 is 29.4 Å². The van der Waals surface area contributed by atoms with E-state index in [1.165, 1.54) is 77.0 Å². The SMILES string of the molecule is CCCCCCCCC1CCC2C3CC=C4CC(OC(=O)NCCCCCCN5CC(O)CC5C(OCc5ccccc5)(c5ccc(OC)cc5)c5ccc(OC)cc5)CCC4(C)C3CCC12C. The fourth-order valence-electron chi connectivity index (χ4n) is 14.5. The van der Waals surface area contributed by atoms with Crippen LogP contribution in [-0.2, 0) is 21.7 Å². The first-order chi connectivity index (χ1) is 33.1. The van der Waals surface area contributed by atoms with Crippen LogP contribution in [0.15, 0.2) is 90.5 Å². The summed E-state index contributed by atoms with van der Waals surface area (Å²) in [6.07, 6.45) is 26.1. The number of likely N-dealkylation sites (tertiary alicyclic amines) is 1. The van der Waals surface area contributed by atoms with E-state index in [2.05, 4.69) is 73.5 Å². The molecule has 1 heterocycles. The van der Waals surface area contributed by atoms with Crippen LogP contribution in [0.5, 0.6) is 11.5 Å². The molecule has 1 aliphatic heterocycles. The molecule has 9 atom stereocenters. The van der Waals surface area contributed by atoms with Crippen molar-refractivity contribution < 1.29 is 28.8 Å². The Labute approximate surface area is 410 Å². The number of aliphatic hydroxyl groups excluding tert-OH is 1. The van der Waals surface area contributed by atoms with Gasteiger partial charge in [0.2, 0.25) is 0 Å². The number of allylic oxidation sites excluding steroid dienone is 1. The van der Waals surface area contributed by atoms with Gasteiger partial charge in [0.05, 0.1) is 26.9 Å². The van der Waals surface area contributed by atoms with Crippen molar-refractivity contribution in [3.8, 4) is 11.5 Å². The third-order valence-electron chi connectivity index (χ3n) is 18.3. The minimum Gasteiger partial charge on any atom is -0.497 e. The van der Waals surface area contributed by atoms with Crippen LogP contribution in [0.2, 0.25) is 0 Å². The Kier molecular flexibility index (Phi) is 17.4. The van der Waals surface area contributed by atoms with Crippen LogP contribution in [0, 0.1) is 34.5 Å². The summed E-state index contributed by atoms with van der Waals surface area (Å²) in [6, 6.07) is 26.6. The Balaban J connectivity index is 0.812. The van der Waals surface area contributed by atoms with E-state index in [1.807, 2.05) is 42.5 Å². The number of nitrogens with one attached hydrogen (secondary N) is 1. The van der Waals surface area contributed by atoms with Gasteiger partial charge in [-0.15, -0.1) is 0 Å². The number of hydrogen-bond donors (Lipinski definition) is 2. The molecule has 3 saturated carbocycles. The molecule has 4 aliphatic carbocycles. The second-order valence-electron chi connectivity index (χ2n) is 22.1. The lowest BCUT2D eigenvalue weighted by Crippen LogP contribution is -2.50. The first kappa shape index (κ1) is 50.5. The number of rotatable bonds is 23. The summed E-state index contributed by atoms with van der Waals surface area (Å²) < 4.78 is 24.5. The molecule has 4 fully saturated rings. The molecule has 372 valence electrons. The van der Waals surface area contributed by atoms with E-state index in [-0.39, 0.29) is 23.7 Å². The Morgan fingerprint density at radius 3 is 2.16 bits per heavy atom. The second kappa shape index (κ2) is 23.4. The number of benzene rings is 3. The van der Waals surface area contributed by atoms with Crippen molar-refractivity contribution in [2.24, 2.45) is 34.5 Å². The predicted molar refractivity (Wildman–Crippen MR) is 274 cm³/mol. The zero-order chi connectivity index (χ0) is 47.6. The fraction of sp³-hybridized carbons (Fsp3) is 0.650. The molecule has 0 radical (unpaired) electrons. The number of aliphatic hydroxyl groups is 1. The van der Waals surface area contributed by atoms with Crippen LogP contribution in [0.1, 0.15) is 166 Å². The topological polar surface area (TPSA) is 89.5 Å². The summed E-state index contributed by atoms with van der Waals surface area (Å²) in [6.45, 7) is 10.0. The standard InChI is InChI=1S/C60H86N2O6/c1-6-7-8-9-10-16-21-45-27-33-54-53-32-26-48-40-52(34-36-59(48,3)55(53)35-37-58(45,54)2)68-57(64)61-38-17-11-12-18-39-62-42-49(63)41-56(62)60(46-22-28-50(65-4)29-23-46,47-24-30-51(66-5)31-25-47)67-43-44-19-14-13-15-20-44/h13-15,19-20,22-26,28-31,45,49,52-56,63H,6-12,16-18,21,27,32-43H2,1-5H3,(H,61,64). The Morgan fingerprint density at radius 1 is 0.779 bits per heavy atom. The number of nitrogens with zero attached hydrogens (tertiary/aromatic N) is 1. The van der Waals surface area contributed by atoms with Crippen molar-refractivity contribution in [3.05, 3.63) is 107 Å². The van der Waals surface area contributed by atoms with Gasteiger partial charge in [-0.05, 0) is 153 Å². The van der Waals surface area contributed by atoms with Gasteiger partial charge in [0.15, 0.2) is 0 Å². The highest BCUT2D eigenvalue weighted by atomic mass is 16.6. The van der Waals surface area contributed by atoms with Gasteiger partial charge >= 0.3 is 6.09 Å². The normalized spacial score (nSPS) is 29.1. The van der Waals surface area contributed by atoms with E-state index in [0.717, 1.165) is 103 Å². The maximum atomic E-state index is 13.2. The molecule has 68 heavy (non-hydrogen) atoms. The van der Waals surface area contributed by atoms with Gasteiger partial charge in [-0.2, -0.15) is 0 Å². The molecule has 2 N–H and O–H groups in total. The van der Waals surface area contributed by atoms with Crippen LogP contribution in [-0.4, -0.2) is 68.2 Å². The Morgan fingerprint density at radius 2 is 1.46 bits per heavy atom. The van der Waals surface area contributed by atoms with Gasteiger partial charge in [-0.25, -0.2) is 4.79 Å². The van der Waals surface area contributed by atoms with Gasteiger partial charge in [0, 0.05) is 25.6 Å². The molecule has 5 aliphatic rings. The average molecular weight is 931 g/mol. The van der Waals surface area contributed by atoms with Crippen molar-refractivity contribution in [2.45, 2.75) is 180 Å². The molecule has 1 amide bonds. The average Bonchev–Trinajstić information content (AvgIpc) is 3.91. The highest BCUT2D eigenvalue weighted by molar-refractivity contribution is 5.67. The number of alkyl carbamates (subject to hydrolysis) is 1. The summed E-state index contributed by atoms with van der Waals surface area (Å²) in [7, 11) is 3.37. The Hall–Kier alpha value is -3.85. The zero-order valence-electron chi connectivity index (χ0n) is 42.5. The molecular formula is C60H86N2O6. The lowest BCUT2D eigenvalue weighted by atomic mass is 9.47. The molecule has 8 rings (SSSR count). The maximum absolute atomic E-state index is 13.2. The van der Waals surface area contributed by atoms with Crippen molar-refractivity contribution >= 4 is 6.09 Å². The van der Waals surface area contributed by atoms with Gasteiger partial charge in [-0.1, -0.05) is 138 Å². The van der Waals surface area contributed by atoms with E-state index in [1.54, 1.807) is 19.8 Å². The summed E-state index contributed by atoms with van der Waals surface area (Å²) in [5, 5.41) is 14.4. The quantitative estimate of drug-likeness (QED) is 0.0723. The molecule has 3 aromatic carbocycles. The first-order valence-corrected chi connectivity index (χ1v) is 27.1. The smallest absolute Gasteiger partial charge is 0.407 e. The minimum atomic E-state index is -0.882.